The van der Waals surface area contributed by atoms with Crippen molar-refractivity contribution < 1.29 is 19.4 Å². The minimum Gasteiger partial charge on any atom is -0.493 e. The molecule has 0 spiro atoms. The van der Waals surface area contributed by atoms with Crippen LogP contribution in [0.5, 0.6) is 11.6 Å². The van der Waals surface area contributed by atoms with Crippen molar-refractivity contribution in [3.05, 3.63) is 24.3 Å². The molecule has 1 aromatic heterocycles. The highest BCUT2D eigenvalue weighted by atomic mass is 16.6. The van der Waals surface area contributed by atoms with Crippen molar-refractivity contribution in [2.75, 3.05) is 45.9 Å². The van der Waals surface area contributed by atoms with E-state index in [2.05, 4.69) is 20.1 Å². The van der Waals surface area contributed by atoms with Crippen LogP contribution in [0.1, 0.15) is 38.5 Å². The third-order valence-electron chi connectivity index (χ3n) is 7.17. The largest absolute Gasteiger partial charge is 0.493 e. The van der Waals surface area contributed by atoms with Crippen LogP contribution in [0.2, 0.25) is 0 Å². The number of likely N-dealkylation sites (tertiary alicyclic amines) is 2. The van der Waals surface area contributed by atoms with Crippen molar-refractivity contribution in [3.63, 3.8) is 0 Å². The summed E-state index contributed by atoms with van der Waals surface area (Å²) in [4.78, 5) is 20.6. The van der Waals surface area contributed by atoms with E-state index in [-0.39, 0.29) is 12.1 Å². The minimum absolute atomic E-state index is 0.116. The van der Waals surface area contributed by atoms with Crippen LogP contribution in [0.25, 0.3) is 10.9 Å². The highest BCUT2D eigenvalue weighted by molar-refractivity contribution is 5.88. The Morgan fingerprint density at radius 3 is 2.42 bits per heavy atom. The van der Waals surface area contributed by atoms with E-state index in [0.29, 0.717) is 11.8 Å². The molecule has 1 saturated carbocycles. The zero-order valence-corrected chi connectivity index (χ0v) is 19.3. The third kappa shape index (κ3) is 6.19. The number of piperidine rings is 2. The normalized spacial score (nSPS) is 21.4. The van der Waals surface area contributed by atoms with Gasteiger partial charge in [0.25, 0.3) is 0 Å². The number of hydrogen-bond donors (Lipinski definition) is 3. The number of nitrogens with one attached hydrogen (secondary N) is 2. The van der Waals surface area contributed by atoms with E-state index in [0.717, 1.165) is 88.2 Å². The number of aliphatic hydroxyl groups excluding tert-OH is 1. The van der Waals surface area contributed by atoms with Gasteiger partial charge in [-0.1, -0.05) is 6.07 Å². The van der Waals surface area contributed by atoms with Gasteiger partial charge in [0, 0.05) is 56.8 Å². The van der Waals surface area contributed by atoms with E-state index in [1.54, 1.807) is 0 Å². The van der Waals surface area contributed by atoms with Gasteiger partial charge in [-0.2, -0.15) is 0 Å². The van der Waals surface area contributed by atoms with Crippen molar-refractivity contribution in [2.24, 2.45) is 5.92 Å². The smallest absolute Gasteiger partial charge is 0.414 e. The Balaban J connectivity index is 1.05. The molecule has 3 fully saturated rings. The van der Waals surface area contributed by atoms with Gasteiger partial charge in [0.05, 0.1) is 18.2 Å². The Hall–Kier alpha value is -2.29. The van der Waals surface area contributed by atoms with Crippen LogP contribution < -0.4 is 14.8 Å². The minimum atomic E-state index is -0.410. The second-order valence-corrected chi connectivity index (χ2v) is 9.83. The number of amides is 1. The quantitative estimate of drug-likeness (QED) is 0.566. The summed E-state index contributed by atoms with van der Waals surface area (Å²) in [6, 6.07) is 7.87. The molecule has 0 radical (unpaired) electrons. The van der Waals surface area contributed by atoms with E-state index in [9.17, 15) is 9.90 Å². The molecule has 2 aliphatic heterocycles. The number of nitrogens with zero attached hydrogens (tertiary/aromatic N) is 2. The number of H-pyrrole nitrogens is 1. The highest BCUT2D eigenvalue weighted by Crippen LogP contribution is 2.33. The van der Waals surface area contributed by atoms with Crippen LogP contribution in [0.3, 0.4) is 0 Å². The average molecular weight is 457 g/mol. The summed E-state index contributed by atoms with van der Waals surface area (Å²) in [6.07, 6.45) is 5.61. The second kappa shape index (κ2) is 10.3. The number of hydrogen-bond acceptors (Lipinski definition) is 6. The maximum absolute atomic E-state index is 12.5. The topological polar surface area (TPSA) is 90.1 Å². The lowest BCUT2D eigenvalue weighted by Gasteiger charge is -2.35. The molecule has 3 aliphatic rings. The fourth-order valence-corrected chi connectivity index (χ4v) is 4.80. The van der Waals surface area contributed by atoms with Crippen molar-refractivity contribution in [2.45, 2.75) is 50.7 Å². The summed E-state index contributed by atoms with van der Waals surface area (Å²) in [5, 5.41) is 13.6. The molecule has 1 amide bonds. The maximum atomic E-state index is 12.5. The summed E-state index contributed by atoms with van der Waals surface area (Å²) in [5.74, 6) is 1.96. The van der Waals surface area contributed by atoms with Crippen molar-refractivity contribution in [3.8, 4) is 11.6 Å². The predicted octanol–water partition coefficient (Wildman–Crippen LogP) is 2.97. The summed E-state index contributed by atoms with van der Waals surface area (Å²) in [6.45, 7) is 6.80. The van der Waals surface area contributed by atoms with Crippen LogP contribution >= 0.6 is 0 Å². The lowest BCUT2D eigenvalue weighted by molar-refractivity contribution is 0.0739. The maximum Gasteiger partial charge on any atom is 0.414 e. The Morgan fingerprint density at radius 1 is 1.03 bits per heavy atom. The third-order valence-corrected chi connectivity index (χ3v) is 7.17. The van der Waals surface area contributed by atoms with Crippen LogP contribution in [0, 0.1) is 5.92 Å². The number of fused-ring (bicyclic) bond motifs is 1. The van der Waals surface area contributed by atoms with E-state index >= 15 is 0 Å². The number of carbonyl (C=O) groups excluding carboxylic acids is 1. The molecule has 2 saturated heterocycles. The Labute approximate surface area is 195 Å². The van der Waals surface area contributed by atoms with Gasteiger partial charge >= 0.3 is 6.09 Å². The van der Waals surface area contributed by atoms with Gasteiger partial charge < -0.3 is 34.7 Å². The van der Waals surface area contributed by atoms with Crippen LogP contribution in [0.15, 0.2) is 24.3 Å². The number of aromatic nitrogens is 1. The van der Waals surface area contributed by atoms with Gasteiger partial charge in [0.1, 0.15) is 5.75 Å². The number of ether oxygens (including phenoxy) is 2. The van der Waals surface area contributed by atoms with Crippen molar-refractivity contribution in [1.82, 2.24) is 20.1 Å². The number of aliphatic hydroxyl groups is 1. The first-order valence-corrected chi connectivity index (χ1v) is 12.5. The molecule has 3 heterocycles. The first-order valence-electron chi connectivity index (χ1n) is 12.5. The predicted molar refractivity (Wildman–Crippen MR) is 127 cm³/mol. The number of rotatable bonds is 8. The van der Waals surface area contributed by atoms with Gasteiger partial charge in [-0.05, 0) is 56.6 Å². The summed E-state index contributed by atoms with van der Waals surface area (Å²) in [5.41, 5.74) is 0.905. The number of benzene rings is 1. The summed E-state index contributed by atoms with van der Waals surface area (Å²) >= 11 is 0. The SMILES string of the molecule is O=C(NC1CCN(CCN2CCC(O)CC2)CC1)Oc1cc2c(OCC3CC3)cccc2[nH]1. The molecule has 5 rings (SSSR count). The van der Waals surface area contributed by atoms with E-state index in [4.69, 9.17) is 9.47 Å². The molecule has 0 bridgehead atoms. The standard InChI is InChI=1S/C25H36N4O4/c30-20-8-12-29(13-9-20)15-14-28-10-6-19(7-11-28)26-25(31)33-24-16-21-22(27-24)2-1-3-23(21)32-17-18-4-5-18/h1-3,16,18-20,27,30H,4-15,17H2,(H,26,31). The molecule has 2 aromatic rings. The molecule has 180 valence electrons. The fourth-order valence-electron chi connectivity index (χ4n) is 4.80. The lowest BCUT2D eigenvalue weighted by Crippen LogP contribution is -2.47. The molecule has 1 aromatic carbocycles. The summed E-state index contributed by atoms with van der Waals surface area (Å²) in [7, 11) is 0. The average Bonchev–Trinajstić information content (AvgIpc) is 3.56. The van der Waals surface area contributed by atoms with Crippen LogP contribution in [0.4, 0.5) is 4.79 Å². The highest BCUT2D eigenvalue weighted by Gasteiger charge is 2.24. The fraction of sp³-hybridized carbons (Fsp3) is 0.640. The molecule has 0 atom stereocenters. The molecule has 1 aliphatic carbocycles. The Kier molecular flexibility index (Phi) is 7.04. The molecule has 33 heavy (non-hydrogen) atoms. The second-order valence-electron chi connectivity index (χ2n) is 9.83. The van der Waals surface area contributed by atoms with Crippen molar-refractivity contribution >= 4 is 17.0 Å². The number of carbonyl (C=O) groups is 1. The molecular weight excluding hydrogens is 420 g/mol. The van der Waals surface area contributed by atoms with Gasteiger partial charge in [0.15, 0.2) is 0 Å². The van der Waals surface area contributed by atoms with Gasteiger partial charge in [-0.3, -0.25) is 0 Å². The van der Waals surface area contributed by atoms with Gasteiger partial charge in [-0.15, -0.1) is 0 Å². The number of aromatic amines is 1. The van der Waals surface area contributed by atoms with E-state index < -0.39 is 6.09 Å². The van der Waals surface area contributed by atoms with Crippen LogP contribution in [-0.2, 0) is 0 Å². The molecule has 3 N–H and O–H groups in total. The molecule has 8 heteroatoms. The zero-order valence-electron chi connectivity index (χ0n) is 19.3. The van der Waals surface area contributed by atoms with Crippen LogP contribution in [-0.4, -0.2) is 84.0 Å². The van der Waals surface area contributed by atoms with E-state index in [1.807, 2.05) is 24.3 Å². The Morgan fingerprint density at radius 2 is 1.73 bits per heavy atom. The molecule has 8 nitrogen and oxygen atoms in total. The molecule has 0 unspecified atom stereocenters. The summed E-state index contributed by atoms with van der Waals surface area (Å²) < 4.78 is 11.5. The van der Waals surface area contributed by atoms with Gasteiger partial charge in [-0.25, -0.2) is 4.79 Å². The lowest BCUT2D eigenvalue weighted by atomic mass is 10.1. The van der Waals surface area contributed by atoms with E-state index in [1.165, 1.54) is 12.8 Å². The zero-order chi connectivity index (χ0) is 22.6. The molecular formula is C25H36N4O4. The Bertz CT molecular complexity index is 928. The monoisotopic (exact) mass is 456 g/mol. The first kappa shape index (κ1) is 22.5. The first-order chi connectivity index (χ1) is 16.1. The van der Waals surface area contributed by atoms with Gasteiger partial charge in [0.2, 0.25) is 5.88 Å². The van der Waals surface area contributed by atoms with Crippen molar-refractivity contribution in [1.29, 1.82) is 0 Å².